The first-order valence-electron chi connectivity index (χ1n) is 10.6. The van der Waals surface area contributed by atoms with Gasteiger partial charge in [-0.15, -0.1) is 0 Å². The maximum Gasteiger partial charge on any atom is 0.273 e. The number of benzene rings is 3. The Bertz CT molecular complexity index is 1280. The molecule has 160 valence electrons. The lowest BCUT2D eigenvalue weighted by Crippen LogP contribution is -2.29. The first-order valence-corrected chi connectivity index (χ1v) is 11.0. The number of carbonyl (C=O) groups is 1. The summed E-state index contributed by atoms with van der Waals surface area (Å²) in [5.41, 5.74) is 5.50. The van der Waals surface area contributed by atoms with Gasteiger partial charge >= 0.3 is 0 Å². The summed E-state index contributed by atoms with van der Waals surface area (Å²) in [4.78, 5) is 15.3. The second-order valence-corrected chi connectivity index (χ2v) is 8.38. The maximum atomic E-state index is 13.5. The van der Waals surface area contributed by atoms with Gasteiger partial charge in [0.1, 0.15) is 17.1 Å². The summed E-state index contributed by atoms with van der Waals surface area (Å²) < 4.78 is 0. The molecule has 6 heteroatoms. The number of fused-ring (bicyclic) bond motifs is 1. The number of carbonyl (C=O) groups excluding carboxylic acids is 1. The van der Waals surface area contributed by atoms with Crippen molar-refractivity contribution in [1.82, 2.24) is 15.1 Å². The van der Waals surface area contributed by atoms with Crippen LogP contribution in [-0.4, -0.2) is 26.1 Å². The molecule has 4 aromatic rings. The zero-order chi connectivity index (χ0) is 22.2. The molecule has 1 aliphatic rings. The van der Waals surface area contributed by atoms with Gasteiger partial charge in [-0.05, 0) is 41.3 Å². The molecule has 1 unspecified atom stereocenters. The SMILES string of the molecule is CCc1ccc(C2c3c(-c4cc(Cl)ccc4O)n[nH]c3C(=O)N2Cc2ccccc2)cc1. The Hall–Kier alpha value is -3.57. The molecule has 3 aromatic carbocycles. The normalized spacial score (nSPS) is 15.2. The number of hydrogen-bond acceptors (Lipinski definition) is 3. The Balaban J connectivity index is 1.67. The lowest BCUT2D eigenvalue weighted by molar-refractivity contribution is 0.0730. The van der Waals surface area contributed by atoms with E-state index in [-0.39, 0.29) is 17.7 Å². The van der Waals surface area contributed by atoms with Crippen LogP contribution in [0.5, 0.6) is 5.75 Å². The maximum absolute atomic E-state index is 13.5. The molecule has 0 saturated carbocycles. The number of nitrogens with one attached hydrogen (secondary N) is 1. The second kappa shape index (κ2) is 8.17. The molecule has 5 rings (SSSR count). The molecule has 32 heavy (non-hydrogen) atoms. The zero-order valence-corrected chi connectivity index (χ0v) is 18.3. The van der Waals surface area contributed by atoms with E-state index in [2.05, 4.69) is 41.4 Å². The fraction of sp³-hybridized carbons (Fsp3) is 0.154. The van der Waals surface area contributed by atoms with Gasteiger partial charge in [-0.3, -0.25) is 9.89 Å². The molecule has 2 N–H and O–H groups in total. The highest BCUT2D eigenvalue weighted by Crippen LogP contribution is 2.45. The quantitative estimate of drug-likeness (QED) is 0.413. The van der Waals surface area contributed by atoms with E-state index in [1.54, 1.807) is 18.2 Å². The number of aromatic amines is 1. The molecule has 0 bridgehead atoms. The van der Waals surface area contributed by atoms with Crippen molar-refractivity contribution in [2.45, 2.75) is 25.9 Å². The van der Waals surface area contributed by atoms with Crippen LogP contribution in [0.2, 0.25) is 5.02 Å². The molecular weight excluding hydrogens is 422 g/mol. The number of phenolic OH excluding ortho intramolecular Hbond substituents is 1. The van der Waals surface area contributed by atoms with Crippen LogP contribution in [0.4, 0.5) is 0 Å². The Labute approximate surface area is 191 Å². The lowest BCUT2D eigenvalue weighted by atomic mass is 9.94. The van der Waals surface area contributed by atoms with Crippen molar-refractivity contribution >= 4 is 17.5 Å². The van der Waals surface area contributed by atoms with Gasteiger partial charge < -0.3 is 10.0 Å². The van der Waals surface area contributed by atoms with Crippen LogP contribution < -0.4 is 0 Å². The van der Waals surface area contributed by atoms with Crippen LogP contribution in [-0.2, 0) is 13.0 Å². The first-order chi connectivity index (χ1) is 15.6. The van der Waals surface area contributed by atoms with Gasteiger partial charge in [-0.25, -0.2) is 0 Å². The Morgan fingerprint density at radius 3 is 2.50 bits per heavy atom. The van der Waals surface area contributed by atoms with E-state index in [9.17, 15) is 9.90 Å². The standard InChI is InChI=1S/C26H22ClN3O2/c1-2-16-8-10-18(11-9-16)25-22-23(20-14-19(27)12-13-21(20)31)28-29-24(22)26(32)30(25)15-17-6-4-3-5-7-17/h3-14,25,31H,2,15H2,1H3,(H,28,29). The Morgan fingerprint density at radius 2 is 1.78 bits per heavy atom. The molecule has 2 heterocycles. The van der Waals surface area contributed by atoms with E-state index >= 15 is 0 Å². The Morgan fingerprint density at radius 1 is 1.03 bits per heavy atom. The molecule has 1 atom stereocenters. The van der Waals surface area contributed by atoms with Gasteiger partial charge in [0.15, 0.2) is 0 Å². The van der Waals surface area contributed by atoms with E-state index < -0.39 is 0 Å². The van der Waals surface area contributed by atoms with Crippen LogP contribution in [0, 0.1) is 0 Å². The third-order valence-corrected chi connectivity index (χ3v) is 6.21. The number of phenols is 1. The summed E-state index contributed by atoms with van der Waals surface area (Å²) in [6.07, 6.45) is 0.941. The number of rotatable bonds is 5. The summed E-state index contributed by atoms with van der Waals surface area (Å²) in [6.45, 7) is 2.58. The molecule has 1 amide bonds. The zero-order valence-electron chi connectivity index (χ0n) is 17.5. The highest BCUT2D eigenvalue weighted by Gasteiger charge is 2.42. The van der Waals surface area contributed by atoms with E-state index in [1.807, 2.05) is 35.2 Å². The van der Waals surface area contributed by atoms with Crippen molar-refractivity contribution < 1.29 is 9.90 Å². The highest BCUT2D eigenvalue weighted by molar-refractivity contribution is 6.31. The molecule has 0 aliphatic carbocycles. The molecule has 0 radical (unpaired) electrons. The molecule has 1 aliphatic heterocycles. The third kappa shape index (κ3) is 3.45. The minimum Gasteiger partial charge on any atom is -0.507 e. The molecule has 5 nitrogen and oxygen atoms in total. The number of aryl methyl sites for hydroxylation is 1. The number of halogens is 1. The van der Waals surface area contributed by atoms with Crippen molar-refractivity contribution in [3.63, 3.8) is 0 Å². The summed E-state index contributed by atoms with van der Waals surface area (Å²) in [7, 11) is 0. The van der Waals surface area contributed by atoms with Gasteiger partial charge in [0.25, 0.3) is 5.91 Å². The van der Waals surface area contributed by atoms with Crippen LogP contribution in [0.3, 0.4) is 0 Å². The van der Waals surface area contributed by atoms with Crippen molar-refractivity contribution in [3.8, 4) is 17.0 Å². The molecular formula is C26H22ClN3O2. The molecule has 0 spiro atoms. The predicted molar refractivity (Wildman–Crippen MR) is 125 cm³/mol. The minimum absolute atomic E-state index is 0.0674. The van der Waals surface area contributed by atoms with Gasteiger partial charge in [0.05, 0.1) is 6.04 Å². The van der Waals surface area contributed by atoms with Crippen molar-refractivity contribution in [2.75, 3.05) is 0 Å². The highest BCUT2D eigenvalue weighted by atomic mass is 35.5. The fourth-order valence-corrected chi connectivity index (χ4v) is 4.50. The summed E-state index contributed by atoms with van der Waals surface area (Å²) in [5, 5.41) is 18.4. The first kappa shape index (κ1) is 20.3. The summed E-state index contributed by atoms with van der Waals surface area (Å²) in [6, 6.07) is 22.8. The summed E-state index contributed by atoms with van der Waals surface area (Å²) in [5.74, 6) is -0.0496. The van der Waals surface area contributed by atoms with Gasteiger partial charge in [0.2, 0.25) is 0 Å². The Kier molecular flexibility index (Phi) is 5.19. The van der Waals surface area contributed by atoms with Crippen molar-refractivity contribution in [1.29, 1.82) is 0 Å². The van der Waals surface area contributed by atoms with Gasteiger partial charge in [0, 0.05) is 22.7 Å². The number of aromatic hydroxyl groups is 1. The smallest absolute Gasteiger partial charge is 0.273 e. The van der Waals surface area contributed by atoms with Gasteiger partial charge in [-0.2, -0.15) is 5.10 Å². The number of amides is 1. The van der Waals surface area contributed by atoms with Crippen LogP contribution in [0.25, 0.3) is 11.3 Å². The summed E-state index contributed by atoms with van der Waals surface area (Å²) >= 11 is 6.21. The number of nitrogens with zero attached hydrogens (tertiary/aromatic N) is 2. The topological polar surface area (TPSA) is 69.2 Å². The van der Waals surface area contributed by atoms with E-state index in [4.69, 9.17) is 11.6 Å². The number of H-pyrrole nitrogens is 1. The number of aromatic nitrogens is 2. The van der Waals surface area contributed by atoms with E-state index in [1.165, 1.54) is 5.56 Å². The average molecular weight is 444 g/mol. The minimum atomic E-state index is -0.337. The van der Waals surface area contributed by atoms with Crippen LogP contribution in [0.1, 0.15) is 45.7 Å². The molecule has 1 aromatic heterocycles. The predicted octanol–water partition coefficient (Wildman–Crippen LogP) is 5.74. The monoisotopic (exact) mass is 443 g/mol. The number of hydrogen-bond donors (Lipinski definition) is 2. The van der Waals surface area contributed by atoms with Crippen LogP contribution in [0.15, 0.2) is 72.8 Å². The van der Waals surface area contributed by atoms with Crippen LogP contribution >= 0.6 is 11.6 Å². The van der Waals surface area contributed by atoms with Gasteiger partial charge in [-0.1, -0.05) is 73.1 Å². The molecule has 0 saturated heterocycles. The third-order valence-electron chi connectivity index (χ3n) is 5.98. The van der Waals surface area contributed by atoms with E-state index in [0.29, 0.717) is 28.5 Å². The molecule has 0 fully saturated rings. The fourth-order valence-electron chi connectivity index (χ4n) is 4.33. The van der Waals surface area contributed by atoms with Crippen molar-refractivity contribution in [2.24, 2.45) is 0 Å². The lowest BCUT2D eigenvalue weighted by Gasteiger charge is -2.27. The average Bonchev–Trinajstić information content (AvgIpc) is 3.35. The largest absolute Gasteiger partial charge is 0.507 e. The second-order valence-electron chi connectivity index (χ2n) is 7.94. The van der Waals surface area contributed by atoms with E-state index in [0.717, 1.165) is 23.1 Å². The van der Waals surface area contributed by atoms with Crippen molar-refractivity contribution in [3.05, 3.63) is 106 Å².